The van der Waals surface area contributed by atoms with E-state index in [0.717, 1.165) is 25.2 Å². The van der Waals surface area contributed by atoms with E-state index in [1.807, 2.05) is 0 Å². The van der Waals surface area contributed by atoms with Gasteiger partial charge in [0.05, 0.1) is 0 Å². The number of hydrogen-bond acceptors (Lipinski definition) is 2. The van der Waals surface area contributed by atoms with Crippen molar-refractivity contribution in [3.05, 3.63) is 0 Å². The van der Waals surface area contributed by atoms with Crippen LogP contribution in [-0.4, -0.2) is 37.7 Å². The summed E-state index contributed by atoms with van der Waals surface area (Å²) in [7, 11) is 2.27. The van der Waals surface area contributed by atoms with Crippen LogP contribution in [0.1, 0.15) is 39.5 Å². The van der Waals surface area contributed by atoms with Gasteiger partial charge in [0, 0.05) is 25.8 Å². The molecule has 0 aromatic carbocycles. The summed E-state index contributed by atoms with van der Waals surface area (Å²) in [5, 5.41) is 0. The van der Waals surface area contributed by atoms with Crippen LogP contribution in [0.2, 0.25) is 0 Å². The van der Waals surface area contributed by atoms with Gasteiger partial charge in [-0.3, -0.25) is 0 Å². The Balaban J connectivity index is 2.27. The molecule has 84 valence electrons. The normalized spacial score (nSPS) is 19.5. The Morgan fingerprint density at radius 1 is 1.21 bits per heavy atom. The van der Waals surface area contributed by atoms with Crippen molar-refractivity contribution < 1.29 is 4.74 Å². The van der Waals surface area contributed by atoms with Crippen LogP contribution in [0.3, 0.4) is 0 Å². The molecule has 2 nitrogen and oxygen atoms in total. The van der Waals surface area contributed by atoms with Crippen LogP contribution in [-0.2, 0) is 4.74 Å². The van der Waals surface area contributed by atoms with E-state index in [-0.39, 0.29) is 0 Å². The molecule has 1 saturated heterocycles. The van der Waals surface area contributed by atoms with Gasteiger partial charge in [-0.05, 0) is 25.8 Å². The van der Waals surface area contributed by atoms with Crippen LogP contribution < -0.4 is 0 Å². The van der Waals surface area contributed by atoms with Crippen molar-refractivity contribution in [2.24, 2.45) is 5.92 Å². The molecule has 0 amide bonds. The summed E-state index contributed by atoms with van der Waals surface area (Å²) in [6.07, 6.45) is 5.06. The highest BCUT2D eigenvalue weighted by molar-refractivity contribution is 4.73. The average Bonchev–Trinajstić information content (AvgIpc) is 2.26. The number of ether oxygens (including phenoxy) is 1. The van der Waals surface area contributed by atoms with Gasteiger partial charge in [-0.2, -0.15) is 0 Å². The molecule has 0 aromatic heterocycles. The lowest BCUT2D eigenvalue weighted by Gasteiger charge is -2.33. The minimum Gasteiger partial charge on any atom is -0.381 e. The van der Waals surface area contributed by atoms with Crippen LogP contribution in [0.4, 0.5) is 0 Å². The van der Waals surface area contributed by atoms with Gasteiger partial charge < -0.3 is 9.64 Å². The SMILES string of the molecule is CCC(CC)CN(C)C1CCOCC1. The Morgan fingerprint density at radius 2 is 1.79 bits per heavy atom. The molecule has 0 spiro atoms. The molecular formula is C12H25NO. The van der Waals surface area contributed by atoms with E-state index in [0.29, 0.717) is 0 Å². The predicted molar refractivity (Wildman–Crippen MR) is 60.5 cm³/mol. The first kappa shape index (κ1) is 12.0. The predicted octanol–water partition coefficient (Wildman–Crippen LogP) is 2.53. The van der Waals surface area contributed by atoms with E-state index in [9.17, 15) is 0 Å². The summed E-state index contributed by atoms with van der Waals surface area (Å²) in [6, 6.07) is 0.768. The standard InChI is InChI=1S/C12H25NO/c1-4-11(5-2)10-13(3)12-6-8-14-9-7-12/h11-12H,4-10H2,1-3H3. The Hall–Kier alpha value is -0.0800. The van der Waals surface area contributed by atoms with E-state index in [2.05, 4.69) is 25.8 Å². The topological polar surface area (TPSA) is 12.5 Å². The summed E-state index contributed by atoms with van der Waals surface area (Å²) in [5.41, 5.74) is 0. The molecule has 1 fully saturated rings. The van der Waals surface area contributed by atoms with Crippen LogP contribution in [0, 0.1) is 5.92 Å². The van der Waals surface area contributed by atoms with Crippen molar-refractivity contribution in [2.45, 2.75) is 45.6 Å². The van der Waals surface area contributed by atoms with Gasteiger partial charge in [0.25, 0.3) is 0 Å². The van der Waals surface area contributed by atoms with Gasteiger partial charge in [-0.15, -0.1) is 0 Å². The lowest BCUT2D eigenvalue weighted by Crippen LogP contribution is -2.39. The summed E-state index contributed by atoms with van der Waals surface area (Å²) >= 11 is 0. The largest absolute Gasteiger partial charge is 0.381 e. The summed E-state index contributed by atoms with van der Waals surface area (Å²) in [6.45, 7) is 7.77. The van der Waals surface area contributed by atoms with Crippen LogP contribution in [0.5, 0.6) is 0 Å². The Morgan fingerprint density at radius 3 is 2.29 bits per heavy atom. The van der Waals surface area contributed by atoms with Gasteiger partial charge in [-0.25, -0.2) is 0 Å². The lowest BCUT2D eigenvalue weighted by atomic mass is 10.0. The van der Waals surface area contributed by atoms with Crippen molar-refractivity contribution in [3.63, 3.8) is 0 Å². The molecule has 0 saturated carbocycles. The Kier molecular flexibility index (Phi) is 5.49. The first-order chi connectivity index (χ1) is 6.77. The maximum absolute atomic E-state index is 5.38. The highest BCUT2D eigenvalue weighted by atomic mass is 16.5. The molecule has 0 unspecified atom stereocenters. The fourth-order valence-corrected chi connectivity index (χ4v) is 2.23. The number of rotatable bonds is 5. The average molecular weight is 199 g/mol. The second-order valence-electron chi connectivity index (χ2n) is 4.47. The minimum absolute atomic E-state index is 0.768. The second kappa shape index (κ2) is 6.41. The zero-order valence-corrected chi connectivity index (χ0v) is 9.96. The minimum atomic E-state index is 0.768. The van der Waals surface area contributed by atoms with E-state index in [1.165, 1.54) is 32.2 Å². The third-order valence-electron chi connectivity index (χ3n) is 3.52. The fourth-order valence-electron chi connectivity index (χ4n) is 2.23. The van der Waals surface area contributed by atoms with E-state index in [4.69, 9.17) is 4.74 Å². The lowest BCUT2D eigenvalue weighted by molar-refractivity contribution is 0.0378. The molecule has 2 heteroatoms. The molecule has 0 N–H and O–H groups in total. The zero-order chi connectivity index (χ0) is 10.4. The molecule has 1 rings (SSSR count). The smallest absolute Gasteiger partial charge is 0.0480 e. The number of hydrogen-bond donors (Lipinski definition) is 0. The molecule has 1 aliphatic heterocycles. The van der Waals surface area contributed by atoms with Crippen LogP contribution in [0.25, 0.3) is 0 Å². The van der Waals surface area contributed by atoms with Gasteiger partial charge >= 0.3 is 0 Å². The molecule has 0 aromatic rings. The Bertz CT molecular complexity index is 139. The maximum Gasteiger partial charge on any atom is 0.0480 e. The molecule has 1 heterocycles. The molecular weight excluding hydrogens is 174 g/mol. The highest BCUT2D eigenvalue weighted by Crippen LogP contribution is 2.16. The summed E-state index contributed by atoms with van der Waals surface area (Å²) in [4.78, 5) is 2.54. The van der Waals surface area contributed by atoms with Crippen molar-refractivity contribution in [1.29, 1.82) is 0 Å². The first-order valence-electron chi connectivity index (χ1n) is 6.05. The number of nitrogens with zero attached hydrogens (tertiary/aromatic N) is 1. The highest BCUT2D eigenvalue weighted by Gasteiger charge is 2.19. The summed E-state index contributed by atoms with van der Waals surface area (Å²) < 4.78 is 5.38. The molecule has 1 aliphatic rings. The molecule has 0 radical (unpaired) electrons. The monoisotopic (exact) mass is 199 g/mol. The van der Waals surface area contributed by atoms with Crippen molar-refractivity contribution in [3.8, 4) is 0 Å². The molecule has 0 bridgehead atoms. The van der Waals surface area contributed by atoms with Crippen LogP contribution >= 0.6 is 0 Å². The molecule has 0 atom stereocenters. The van der Waals surface area contributed by atoms with E-state index < -0.39 is 0 Å². The van der Waals surface area contributed by atoms with Gasteiger partial charge in [0.2, 0.25) is 0 Å². The summed E-state index contributed by atoms with van der Waals surface area (Å²) in [5.74, 6) is 0.878. The second-order valence-corrected chi connectivity index (χ2v) is 4.47. The Labute approximate surface area is 88.6 Å². The van der Waals surface area contributed by atoms with Crippen molar-refractivity contribution in [1.82, 2.24) is 4.90 Å². The van der Waals surface area contributed by atoms with Gasteiger partial charge in [0.15, 0.2) is 0 Å². The third kappa shape index (κ3) is 3.58. The zero-order valence-electron chi connectivity index (χ0n) is 9.96. The van der Waals surface area contributed by atoms with Gasteiger partial charge in [-0.1, -0.05) is 26.7 Å². The van der Waals surface area contributed by atoms with E-state index in [1.54, 1.807) is 0 Å². The van der Waals surface area contributed by atoms with Gasteiger partial charge in [0.1, 0.15) is 0 Å². The van der Waals surface area contributed by atoms with Crippen LogP contribution in [0.15, 0.2) is 0 Å². The maximum atomic E-state index is 5.38. The van der Waals surface area contributed by atoms with Crippen molar-refractivity contribution in [2.75, 3.05) is 26.8 Å². The fraction of sp³-hybridized carbons (Fsp3) is 1.00. The molecule has 14 heavy (non-hydrogen) atoms. The molecule has 0 aliphatic carbocycles. The first-order valence-corrected chi connectivity index (χ1v) is 6.05. The third-order valence-corrected chi connectivity index (χ3v) is 3.52. The quantitative estimate of drug-likeness (QED) is 0.674. The van der Waals surface area contributed by atoms with Crippen molar-refractivity contribution >= 4 is 0 Å². The van der Waals surface area contributed by atoms with E-state index >= 15 is 0 Å².